The second-order valence-electron chi connectivity index (χ2n) is 11.7. The number of sulfone groups is 1. The molecule has 3 heterocycles. The van der Waals surface area contributed by atoms with Crippen LogP contribution in [0.3, 0.4) is 0 Å². The SMILES string of the molecule is CCC(N(C)CCS(=O)(=O)c1ccccn1)C1(c2cc3c(Nc4ccc(OCc5cccc(F)c5)c(Br)c4)ncnc3cc2F)CC=CO1. The van der Waals surface area contributed by atoms with Crippen molar-refractivity contribution in [3.8, 4) is 5.75 Å². The first kappa shape index (κ1) is 34.4. The average molecular weight is 751 g/mol. The molecule has 1 aliphatic heterocycles. The minimum atomic E-state index is -3.63. The zero-order valence-corrected chi connectivity index (χ0v) is 29.2. The maximum absolute atomic E-state index is 16.1. The highest BCUT2D eigenvalue weighted by molar-refractivity contribution is 9.10. The van der Waals surface area contributed by atoms with Crippen molar-refractivity contribution >= 4 is 48.2 Å². The van der Waals surface area contributed by atoms with Gasteiger partial charge in [-0.25, -0.2) is 32.2 Å². The third-order valence-corrected chi connectivity index (χ3v) is 10.8. The van der Waals surface area contributed by atoms with Crippen LogP contribution in [0.4, 0.5) is 20.3 Å². The number of pyridine rings is 1. The van der Waals surface area contributed by atoms with E-state index < -0.39 is 21.3 Å². The van der Waals surface area contributed by atoms with Crippen LogP contribution < -0.4 is 10.1 Å². The molecule has 0 bridgehead atoms. The van der Waals surface area contributed by atoms with Gasteiger partial charge in [0.05, 0.1) is 28.0 Å². The quantitative estimate of drug-likeness (QED) is 0.130. The largest absolute Gasteiger partial charge is 0.488 e. The molecule has 0 spiro atoms. The van der Waals surface area contributed by atoms with Crippen LogP contribution >= 0.6 is 15.9 Å². The first-order chi connectivity index (χ1) is 23.6. The molecule has 6 rings (SSSR count). The summed E-state index contributed by atoms with van der Waals surface area (Å²) in [6.45, 7) is 2.35. The molecule has 254 valence electrons. The Hall–Kier alpha value is -4.46. The topological polar surface area (TPSA) is 107 Å². The van der Waals surface area contributed by atoms with Crippen molar-refractivity contribution in [2.45, 2.75) is 43.0 Å². The van der Waals surface area contributed by atoms with E-state index in [-0.39, 0.29) is 35.8 Å². The highest BCUT2D eigenvalue weighted by Gasteiger charge is 2.46. The van der Waals surface area contributed by atoms with E-state index in [1.807, 2.05) is 37.1 Å². The van der Waals surface area contributed by atoms with Crippen LogP contribution in [0.5, 0.6) is 5.75 Å². The lowest BCUT2D eigenvalue weighted by Crippen LogP contribution is -2.50. The summed E-state index contributed by atoms with van der Waals surface area (Å²) in [7, 11) is -1.81. The van der Waals surface area contributed by atoms with E-state index in [2.05, 4.69) is 36.2 Å². The van der Waals surface area contributed by atoms with Gasteiger partial charge in [0.1, 0.15) is 36.1 Å². The first-order valence-electron chi connectivity index (χ1n) is 15.6. The lowest BCUT2D eigenvalue weighted by molar-refractivity contribution is -0.0421. The number of rotatable bonds is 13. The number of nitrogens with one attached hydrogen (secondary N) is 1. The summed E-state index contributed by atoms with van der Waals surface area (Å²) in [5.74, 6) is 0.0482. The van der Waals surface area contributed by atoms with Crippen LogP contribution in [0.15, 0.2) is 107 Å². The molecule has 5 aromatic rings. The van der Waals surface area contributed by atoms with Gasteiger partial charge >= 0.3 is 0 Å². The molecule has 0 amide bonds. The summed E-state index contributed by atoms with van der Waals surface area (Å²) in [4.78, 5) is 14.7. The van der Waals surface area contributed by atoms with Crippen molar-refractivity contribution in [3.63, 3.8) is 0 Å². The maximum atomic E-state index is 16.1. The van der Waals surface area contributed by atoms with E-state index in [1.165, 1.54) is 36.8 Å². The molecule has 2 unspecified atom stereocenters. The van der Waals surface area contributed by atoms with Crippen LogP contribution in [0, 0.1) is 11.6 Å². The number of anilines is 2. The van der Waals surface area contributed by atoms with Gasteiger partial charge in [-0.15, -0.1) is 0 Å². The lowest BCUT2D eigenvalue weighted by Gasteiger charge is -2.42. The summed E-state index contributed by atoms with van der Waals surface area (Å²) in [5, 5.41) is 3.91. The summed E-state index contributed by atoms with van der Waals surface area (Å²) in [6, 6.07) is 19.1. The van der Waals surface area contributed by atoms with E-state index in [9.17, 15) is 12.8 Å². The number of likely N-dealkylation sites (N-methyl/N-ethyl adjacent to an activating group) is 1. The summed E-state index contributed by atoms with van der Waals surface area (Å²) >= 11 is 3.56. The number of halogens is 3. The molecule has 3 aromatic carbocycles. The van der Waals surface area contributed by atoms with E-state index >= 15 is 4.39 Å². The van der Waals surface area contributed by atoms with Crippen molar-refractivity contribution in [1.29, 1.82) is 0 Å². The molecule has 13 heteroatoms. The predicted octanol–water partition coefficient (Wildman–Crippen LogP) is 7.70. The van der Waals surface area contributed by atoms with Gasteiger partial charge in [0.15, 0.2) is 20.5 Å². The van der Waals surface area contributed by atoms with Gasteiger partial charge in [0, 0.05) is 41.9 Å². The molecule has 1 N–H and O–H groups in total. The Morgan fingerprint density at radius 2 is 1.92 bits per heavy atom. The molecule has 0 saturated carbocycles. The third kappa shape index (κ3) is 7.43. The van der Waals surface area contributed by atoms with Gasteiger partial charge < -0.3 is 14.8 Å². The minimum Gasteiger partial charge on any atom is -0.488 e. The van der Waals surface area contributed by atoms with E-state index in [0.717, 1.165) is 0 Å². The fraction of sp³-hybridized carbons (Fsp3) is 0.250. The number of hydrogen-bond acceptors (Lipinski definition) is 9. The van der Waals surface area contributed by atoms with Crippen LogP contribution in [-0.4, -0.2) is 53.7 Å². The molecular formula is C36H34BrF2N5O4S. The van der Waals surface area contributed by atoms with Crippen LogP contribution in [0.25, 0.3) is 10.9 Å². The highest BCUT2D eigenvalue weighted by atomic mass is 79.9. The van der Waals surface area contributed by atoms with Gasteiger partial charge in [-0.3, -0.25) is 4.90 Å². The molecular weight excluding hydrogens is 716 g/mol. The normalized spacial score (nSPS) is 16.5. The van der Waals surface area contributed by atoms with Gasteiger partial charge in [-0.2, -0.15) is 0 Å². The highest BCUT2D eigenvalue weighted by Crippen LogP contribution is 2.44. The van der Waals surface area contributed by atoms with Crippen molar-refractivity contribution < 1.29 is 26.7 Å². The number of benzene rings is 3. The summed E-state index contributed by atoms with van der Waals surface area (Å²) in [5.41, 5.74) is 0.973. The Labute approximate surface area is 292 Å². The number of fused-ring (bicyclic) bond motifs is 1. The Kier molecular flexibility index (Phi) is 10.2. The lowest BCUT2D eigenvalue weighted by atomic mass is 9.81. The molecule has 0 saturated heterocycles. The summed E-state index contributed by atoms with van der Waals surface area (Å²) in [6.07, 6.45) is 7.17. The van der Waals surface area contributed by atoms with Gasteiger partial charge in [0.2, 0.25) is 0 Å². The Morgan fingerprint density at radius 3 is 2.63 bits per heavy atom. The van der Waals surface area contributed by atoms with Crippen molar-refractivity contribution in [2.24, 2.45) is 0 Å². The fourth-order valence-electron chi connectivity index (χ4n) is 6.18. The molecule has 1 aliphatic rings. The Bertz CT molecular complexity index is 2090. The standard InChI is InChI=1S/C36H34BrF2N5O4S/c1-3-33(44(2)15-17-49(45,46)34-10-4-5-14-40-34)36(13-7-16-48-36)28-20-27-31(21-30(28)39)41-23-42-35(27)43-26-11-12-32(29(37)19-26)47-22-24-8-6-9-25(38)18-24/h4-12,14,16,18-21,23,33H,3,13,15,17,22H2,1-2H3,(H,41,42,43). The van der Waals surface area contributed by atoms with Gasteiger partial charge in [-0.05, 0) is 89.6 Å². The molecule has 0 fully saturated rings. The molecule has 49 heavy (non-hydrogen) atoms. The zero-order valence-electron chi connectivity index (χ0n) is 26.8. The van der Waals surface area contributed by atoms with E-state index in [4.69, 9.17) is 9.47 Å². The first-order valence-corrected chi connectivity index (χ1v) is 18.1. The molecule has 2 atom stereocenters. The number of nitrogens with zero attached hydrogens (tertiary/aromatic N) is 4. The smallest absolute Gasteiger partial charge is 0.196 e. The van der Waals surface area contributed by atoms with Crippen molar-refractivity contribution in [2.75, 3.05) is 24.7 Å². The molecule has 2 aromatic heterocycles. The maximum Gasteiger partial charge on any atom is 0.196 e. The Balaban J connectivity index is 1.26. The second kappa shape index (κ2) is 14.6. The molecule has 0 aliphatic carbocycles. The number of ether oxygens (including phenoxy) is 2. The average Bonchev–Trinajstić information content (AvgIpc) is 3.58. The fourth-order valence-corrected chi connectivity index (χ4v) is 7.92. The van der Waals surface area contributed by atoms with Gasteiger partial charge in [-0.1, -0.05) is 25.1 Å². The van der Waals surface area contributed by atoms with Crippen LogP contribution in [-0.2, 0) is 26.8 Å². The third-order valence-electron chi connectivity index (χ3n) is 8.58. The summed E-state index contributed by atoms with van der Waals surface area (Å²) < 4.78 is 68.5. The second-order valence-corrected chi connectivity index (χ2v) is 14.6. The molecule has 0 radical (unpaired) electrons. The van der Waals surface area contributed by atoms with E-state index in [1.54, 1.807) is 42.7 Å². The van der Waals surface area contributed by atoms with E-state index in [0.29, 0.717) is 56.6 Å². The number of aromatic nitrogens is 3. The van der Waals surface area contributed by atoms with Gasteiger partial charge in [0.25, 0.3) is 0 Å². The number of hydrogen-bond donors (Lipinski definition) is 1. The van der Waals surface area contributed by atoms with Crippen LogP contribution in [0.1, 0.15) is 30.9 Å². The Morgan fingerprint density at radius 1 is 1.06 bits per heavy atom. The minimum absolute atomic E-state index is 0.0172. The monoisotopic (exact) mass is 749 g/mol. The van der Waals surface area contributed by atoms with Crippen molar-refractivity contribution in [1.82, 2.24) is 19.9 Å². The zero-order chi connectivity index (χ0) is 34.6. The predicted molar refractivity (Wildman–Crippen MR) is 187 cm³/mol. The molecule has 9 nitrogen and oxygen atoms in total. The van der Waals surface area contributed by atoms with Crippen molar-refractivity contribution in [3.05, 3.63) is 125 Å². The van der Waals surface area contributed by atoms with Crippen LogP contribution in [0.2, 0.25) is 0 Å².